The number of halogens is 3. The Kier molecular flexibility index (Phi) is 2.82. The van der Waals surface area contributed by atoms with E-state index in [1.54, 1.807) is 0 Å². The average molecular weight is 209 g/mol. The van der Waals surface area contributed by atoms with E-state index in [1.807, 2.05) is 0 Å². The van der Waals surface area contributed by atoms with Crippen molar-refractivity contribution in [1.29, 1.82) is 0 Å². The molecule has 0 aromatic heterocycles. The molecule has 4 heteroatoms. The van der Waals surface area contributed by atoms with Gasteiger partial charge in [0.2, 0.25) is 0 Å². The van der Waals surface area contributed by atoms with Gasteiger partial charge in [0.1, 0.15) is 10.1 Å². The van der Waals surface area contributed by atoms with Crippen LogP contribution >= 0.6 is 35.4 Å². The van der Waals surface area contributed by atoms with Crippen LogP contribution in [-0.2, 0) is 0 Å². The second-order valence-corrected chi connectivity index (χ2v) is 3.34. The van der Waals surface area contributed by atoms with Crippen LogP contribution < -0.4 is 0 Å². The highest BCUT2D eigenvalue weighted by Gasteiger charge is 2.04. The second-order valence-electron chi connectivity index (χ2n) is 1.90. The van der Waals surface area contributed by atoms with E-state index in [0.29, 0.717) is 5.02 Å². The number of benzene rings is 1. The summed E-state index contributed by atoms with van der Waals surface area (Å²) in [7, 11) is 0. The minimum atomic E-state index is -0.488. The highest BCUT2D eigenvalue weighted by molar-refractivity contribution is 7.83. The molecule has 0 fully saturated rings. The van der Waals surface area contributed by atoms with E-state index in [4.69, 9.17) is 23.2 Å². The van der Waals surface area contributed by atoms with E-state index >= 15 is 0 Å². The summed E-state index contributed by atoms with van der Waals surface area (Å²) in [5.41, 5.74) is 0.214. The van der Waals surface area contributed by atoms with Gasteiger partial charge in [-0.2, -0.15) is 0 Å². The third-order valence-electron chi connectivity index (χ3n) is 1.14. The average Bonchev–Trinajstić information content (AvgIpc) is 1.85. The van der Waals surface area contributed by atoms with Gasteiger partial charge in [-0.1, -0.05) is 35.4 Å². The fraction of sp³-hybridized carbons (Fsp3) is 0. The van der Waals surface area contributed by atoms with Crippen LogP contribution in [0.25, 0.3) is 0 Å². The minimum absolute atomic E-state index is 0.0131. The molecule has 0 spiro atoms. The molecule has 0 aliphatic rings. The molecular weight excluding hydrogens is 206 g/mol. The van der Waals surface area contributed by atoms with Gasteiger partial charge in [0.05, 0.1) is 0 Å². The van der Waals surface area contributed by atoms with Crippen LogP contribution in [0.2, 0.25) is 5.02 Å². The first-order chi connectivity index (χ1) is 5.11. The van der Waals surface area contributed by atoms with E-state index in [-0.39, 0.29) is 9.89 Å². The van der Waals surface area contributed by atoms with Gasteiger partial charge in [0, 0.05) is 10.6 Å². The van der Waals surface area contributed by atoms with Gasteiger partial charge in [-0.05, 0) is 18.2 Å². The summed E-state index contributed by atoms with van der Waals surface area (Å²) in [6.45, 7) is 0. The van der Waals surface area contributed by atoms with Crippen LogP contribution in [-0.4, -0.2) is 4.32 Å². The van der Waals surface area contributed by atoms with Crippen LogP contribution in [0.1, 0.15) is 5.56 Å². The summed E-state index contributed by atoms with van der Waals surface area (Å²) in [4.78, 5) is 0. The molecule has 0 bridgehead atoms. The molecule has 0 unspecified atom stereocenters. The van der Waals surface area contributed by atoms with Crippen molar-refractivity contribution in [3.63, 3.8) is 0 Å². The Bertz CT molecular complexity index is 298. The fourth-order valence-electron chi connectivity index (χ4n) is 0.649. The molecule has 0 nitrogen and oxygen atoms in total. The molecule has 0 aliphatic heterocycles. The van der Waals surface area contributed by atoms with Gasteiger partial charge >= 0.3 is 0 Å². The van der Waals surface area contributed by atoms with Gasteiger partial charge in [-0.25, -0.2) is 4.39 Å². The Morgan fingerprint density at radius 1 is 1.45 bits per heavy atom. The van der Waals surface area contributed by atoms with Crippen LogP contribution in [0, 0.1) is 5.82 Å². The number of thiocarbonyl (C=S) groups is 1. The first-order valence-electron chi connectivity index (χ1n) is 2.76. The van der Waals surface area contributed by atoms with E-state index in [2.05, 4.69) is 12.2 Å². The van der Waals surface area contributed by atoms with E-state index in [9.17, 15) is 4.39 Å². The maximum absolute atomic E-state index is 12.8. The molecular formula is C7H3Cl2FS. The quantitative estimate of drug-likeness (QED) is 0.504. The zero-order chi connectivity index (χ0) is 8.43. The van der Waals surface area contributed by atoms with Crippen LogP contribution in [0.3, 0.4) is 0 Å². The standard InChI is InChI=1S/C7H3Cl2FS/c8-4-1-2-5(7(9)11)6(10)3-4/h1-3H. The SMILES string of the molecule is Fc1cc(Cl)ccc1C(=S)Cl. The zero-order valence-corrected chi connectivity index (χ0v) is 7.60. The predicted octanol–water partition coefficient (Wildman–Crippen LogP) is 3.39. The molecule has 0 aliphatic carbocycles. The molecule has 0 heterocycles. The van der Waals surface area contributed by atoms with Crippen LogP contribution in [0.4, 0.5) is 4.39 Å². The Balaban J connectivity index is 3.20. The highest BCUT2D eigenvalue weighted by atomic mass is 35.5. The van der Waals surface area contributed by atoms with E-state index in [1.165, 1.54) is 18.2 Å². The first kappa shape index (κ1) is 8.91. The lowest BCUT2D eigenvalue weighted by Crippen LogP contribution is -1.91. The van der Waals surface area contributed by atoms with Crippen molar-refractivity contribution in [3.05, 3.63) is 34.6 Å². The lowest BCUT2D eigenvalue weighted by molar-refractivity contribution is 0.626. The van der Waals surface area contributed by atoms with Crippen LogP contribution in [0.15, 0.2) is 18.2 Å². The van der Waals surface area contributed by atoms with Crippen molar-refractivity contribution in [3.8, 4) is 0 Å². The predicted molar refractivity (Wildman–Crippen MR) is 49.0 cm³/mol. The molecule has 0 saturated carbocycles. The van der Waals surface area contributed by atoms with Gasteiger partial charge in [-0.15, -0.1) is 0 Å². The highest BCUT2D eigenvalue weighted by Crippen LogP contribution is 2.16. The Labute approximate surface area is 78.9 Å². The Morgan fingerprint density at radius 2 is 2.09 bits per heavy atom. The number of rotatable bonds is 1. The van der Waals surface area contributed by atoms with Gasteiger partial charge < -0.3 is 0 Å². The topological polar surface area (TPSA) is 0 Å². The summed E-state index contributed by atoms with van der Waals surface area (Å²) < 4.78 is 12.9. The van der Waals surface area contributed by atoms with Gasteiger partial charge in [0.15, 0.2) is 0 Å². The number of hydrogen-bond donors (Lipinski definition) is 0. The van der Waals surface area contributed by atoms with E-state index < -0.39 is 5.82 Å². The maximum Gasteiger partial charge on any atom is 0.134 e. The molecule has 11 heavy (non-hydrogen) atoms. The summed E-state index contributed by atoms with van der Waals surface area (Å²) in [5, 5.41) is 0.333. The Hall–Kier alpha value is -0.180. The Morgan fingerprint density at radius 3 is 2.55 bits per heavy atom. The molecule has 1 rings (SSSR count). The zero-order valence-electron chi connectivity index (χ0n) is 5.27. The molecule has 0 saturated heterocycles. The molecule has 0 radical (unpaired) electrons. The smallest absolute Gasteiger partial charge is 0.134 e. The first-order valence-corrected chi connectivity index (χ1v) is 3.92. The summed E-state index contributed by atoms with van der Waals surface area (Å²) in [6, 6.07) is 4.16. The largest absolute Gasteiger partial charge is 0.206 e. The summed E-state index contributed by atoms with van der Waals surface area (Å²) in [5.74, 6) is -0.488. The van der Waals surface area contributed by atoms with Crippen molar-refractivity contribution < 1.29 is 4.39 Å². The minimum Gasteiger partial charge on any atom is -0.206 e. The summed E-state index contributed by atoms with van der Waals surface area (Å²) in [6.07, 6.45) is 0. The van der Waals surface area contributed by atoms with Crippen LogP contribution in [0.5, 0.6) is 0 Å². The molecule has 58 valence electrons. The van der Waals surface area contributed by atoms with Crippen molar-refractivity contribution in [2.75, 3.05) is 0 Å². The van der Waals surface area contributed by atoms with Gasteiger partial charge in [0.25, 0.3) is 0 Å². The molecule has 0 atom stereocenters. The fourth-order valence-corrected chi connectivity index (χ4v) is 1.13. The van der Waals surface area contributed by atoms with Crippen molar-refractivity contribution in [2.45, 2.75) is 0 Å². The second kappa shape index (κ2) is 3.48. The molecule has 1 aromatic carbocycles. The lowest BCUT2D eigenvalue weighted by atomic mass is 10.2. The lowest BCUT2D eigenvalue weighted by Gasteiger charge is -1.97. The number of hydrogen-bond acceptors (Lipinski definition) is 1. The van der Waals surface area contributed by atoms with E-state index in [0.717, 1.165) is 0 Å². The van der Waals surface area contributed by atoms with Crippen molar-refractivity contribution >= 4 is 39.7 Å². The third-order valence-corrected chi connectivity index (χ3v) is 1.80. The molecule has 0 amide bonds. The maximum atomic E-state index is 12.8. The third kappa shape index (κ3) is 2.12. The molecule has 0 N–H and O–H groups in total. The van der Waals surface area contributed by atoms with Crippen molar-refractivity contribution in [2.24, 2.45) is 0 Å². The monoisotopic (exact) mass is 208 g/mol. The molecule has 1 aromatic rings. The summed E-state index contributed by atoms with van der Waals surface area (Å²) >= 11 is 15.5. The van der Waals surface area contributed by atoms with Gasteiger partial charge in [-0.3, -0.25) is 0 Å². The van der Waals surface area contributed by atoms with Crippen molar-refractivity contribution in [1.82, 2.24) is 0 Å². The normalized spacial score (nSPS) is 9.73.